The van der Waals surface area contributed by atoms with Crippen LogP contribution < -0.4 is 11.5 Å². The fraction of sp³-hybridized carbons (Fsp3) is 0. The van der Waals surface area contributed by atoms with Gasteiger partial charge in [0.05, 0.1) is 11.4 Å². The van der Waals surface area contributed by atoms with Crippen LogP contribution in [0.5, 0.6) is 0 Å². The Morgan fingerprint density at radius 1 is 1.17 bits per heavy atom. The first kappa shape index (κ1) is 8.79. The summed E-state index contributed by atoms with van der Waals surface area (Å²) in [6.07, 6.45) is 0. The monoisotopic (exact) mass is 190 g/mol. The van der Waals surface area contributed by atoms with E-state index in [0.717, 1.165) is 12.1 Å². The van der Waals surface area contributed by atoms with Gasteiger partial charge in [-0.15, -0.1) is 3.89 Å². The van der Waals surface area contributed by atoms with E-state index in [1.54, 1.807) is 0 Å². The summed E-state index contributed by atoms with van der Waals surface area (Å²) < 4.78 is 33.0. The summed E-state index contributed by atoms with van der Waals surface area (Å²) in [4.78, 5) is -0.478. The molecule has 12 heavy (non-hydrogen) atoms. The molecule has 4 nitrogen and oxygen atoms in total. The predicted molar refractivity (Wildman–Crippen MR) is 43.6 cm³/mol. The summed E-state index contributed by atoms with van der Waals surface area (Å²) in [7, 11) is -4.68. The Bertz CT molecular complexity index is 402. The molecule has 1 aromatic rings. The Morgan fingerprint density at radius 2 is 1.75 bits per heavy atom. The van der Waals surface area contributed by atoms with Crippen LogP contribution in [0.25, 0.3) is 0 Å². The van der Waals surface area contributed by atoms with E-state index < -0.39 is 15.1 Å². The van der Waals surface area contributed by atoms with Crippen LogP contribution >= 0.6 is 0 Å². The second-order valence-electron chi connectivity index (χ2n) is 2.23. The zero-order valence-electron chi connectivity index (χ0n) is 5.99. The Morgan fingerprint density at radius 3 is 2.17 bits per heavy atom. The van der Waals surface area contributed by atoms with Crippen molar-refractivity contribution < 1.29 is 12.3 Å². The minimum absolute atomic E-state index is 0.0497. The first-order chi connectivity index (χ1) is 5.41. The third-order valence-electron chi connectivity index (χ3n) is 1.34. The average molecular weight is 190 g/mol. The summed E-state index contributed by atoms with van der Waals surface area (Å²) in [5.74, 6) is 0. The van der Waals surface area contributed by atoms with Gasteiger partial charge in [-0.2, -0.15) is 8.42 Å². The first-order valence-electron chi connectivity index (χ1n) is 3.01. The summed E-state index contributed by atoms with van der Waals surface area (Å²) in [5, 5.41) is 0. The van der Waals surface area contributed by atoms with Crippen LogP contribution in [0.15, 0.2) is 23.1 Å². The van der Waals surface area contributed by atoms with Crippen LogP contribution in [-0.2, 0) is 10.2 Å². The van der Waals surface area contributed by atoms with E-state index in [4.69, 9.17) is 11.5 Å². The van der Waals surface area contributed by atoms with Crippen LogP contribution in [0, 0.1) is 0 Å². The predicted octanol–water partition coefficient (Wildman–Crippen LogP) is 0.509. The lowest BCUT2D eigenvalue weighted by Crippen LogP contribution is -1.98. The number of nitrogens with two attached hydrogens (primary N) is 2. The smallest absolute Gasteiger partial charge is 0.332 e. The van der Waals surface area contributed by atoms with Crippen molar-refractivity contribution in [2.45, 2.75) is 4.90 Å². The lowest BCUT2D eigenvalue weighted by atomic mass is 10.3. The molecular weight excluding hydrogens is 183 g/mol. The molecule has 0 amide bonds. The molecule has 0 aliphatic heterocycles. The Kier molecular flexibility index (Phi) is 1.93. The Balaban J connectivity index is 3.33. The molecule has 0 radical (unpaired) electrons. The molecule has 0 atom stereocenters. The zero-order valence-corrected chi connectivity index (χ0v) is 6.81. The summed E-state index contributed by atoms with van der Waals surface area (Å²) >= 11 is 0. The molecule has 1 aromatic carbocycles. The van der Waals surface area contributed by atoms with E-state index in [9.17, 15) is 12.3 Å². The van der Waals surface area contributed by atoms with Gasteiger partial charge in [-0.25, -0.2) is 0 Å². The second-order valence-corrected chi connectivity index (χ2v) is 3.58. The molecule has 0 aromatic heterocycles. The van der Waals surface area contributed by atoms with E-state index in [1.165, 1.54) is 6.07 Å². The van der Waals surface area contributed by atoms with Crippen molar-refractivity contribution in [2.24, 2.45) is 0 Å². The largest absolute Gasteiger partial charge is 0.397 e. The lowest BCUT2D eigenvalue weighted by Gasteiger charge is -2.00. The quantitative estimate of drug-likeness (QED) is 0.499. The van der Waals surface area contributed by atoms with Crippen molar-refractivity contribution in [2.75, 3.05) is 11.5 Å². The van der Waals surface area contributed by atoms with E-state index in [2.05, 4.69) is 0 Å². The zero-order chi connectivity index (χ0) is 9.35. The minimum atomic E-state index is -4.68. The van der Waals surface area contributed by atoms with Crippen LogP contribution in [0.4, 0.5) is 15.3 Å². The van der Waals surface area contributed by atoms with Crippen molar-refractivity contribution >= 4 is 21.6 Å². The maximum Gasteiger partial charge on any atom is 0.332 e. The number of hydrogen-bond acceptors (Lipinski definition) is 4. The summed E-state index contributed by atoms with van der Waals surface area (Å²) in [5.41, 5.74) is 10.8. The maximum absolute atomic E-state index is 12.3. The Hall–Kier alpha value is -1.30. The van der Waals surface area contributed by atoms with Crippen LogP contribution in [0.1, 0.15) is 0 Å². The first-order valence-corrected chi connectivity index (χ1v) is 4.39. The highest BCUT2D eigenvalue weighted by molar-refractivity contribution is 7.86. The highest BCUT2D eigenvalue weighted by atomic mass is 32.3. The second kappa shape index (κ2) is 2.63. The average Bonchev–Trinajstić information content (AvgIpc) is 1.92. The SMILES string of the molecule is Nc1ccc(S(=O)(=O)F)cc1N. The van der Waals surface area contributed by atoms with Gasteiger partial charge in [-0.3, -0.25) is 0 Å². The van der Waals surface area contributed by atoms with Gasteiger partial charge in [0.2, 0.25) is 0 Å². The third kappa shape index (κ3) is 1.65. The molecule has 1 rings (SSSR count). The molecule has 0 fully saturated rings. The Labute approximate surface area is 69.2 Å². The normalized spacial score (nSPS) is 11.4. The van der Waals surface area contributed by atoms with Gasteiger partial charge < -0.3 is 11.5 Å². The molecule has 0 saturated heterocycles. The number of benzene rings is 1. The van der Waals surface area contributed by atoms with Crippen LogP contribution in [0.2, 0.25) is 0 Å². The third-order valence-corrected chi connectivity index (χ3v) is 2.16. The number of rotatable bonds is 1. The molecule has 0 unspecified atom stereocenters. The molecular formula is C6H7FN2O2S. The topological polar surface area (TPSA) is 86.2 Å². The van der Waals surface area contributed by atoms with Gasteiger partial charge in [-0.1, -0.05) is 0 Å². The van der Waals surface area contributed by atoms with E-state index in [-0.39, 0.29) is 11.4 Å². The molecule has 0 saturated carbocycles. The highest BCUT2D eigenvalue weighted by Crippen LogP contribution is 2.20. The summed E-state index contributed by atoms with van der Waals surface area (Å²) in [6.45, 7) is 0. The molecule has 0 aliphatic rings. The summed E-state index contributed by atoms with van der Waals surface area (Å²) in [6, 6.07) is 3.27. The van der Waals surface area contributed by atoms with Gasteiger partial charge in [0.25, 0.3) is 0 Å². The van der Waals surface area contributed by atoms with Gasteiger partial charge in [0, 0.05) is 0 Å². The maximum atomic E-state index is 12.3. The van der Waals surface area contributed by atoms with Crippen molar-refractivity contribution in [1.82, 2.24) is 0 Å². The molecule has 6 heteroatoms. The molecule has 0 aliphatic carbocycles. The number of halogens is 1. The van der Waals surface area contributed by atoms with Gasteiger partial charge in [0.1, 0.15) is 4.90 Å². The number of nitrogen functional groups attached to an aromatic ring is 2. The van der Waals surface area contributed by atoms with Gasteiger partial charge in [0.15, 0.2) is 0 Å². The van der Waals surface area contributed by atoms with Crippen LogP contribution in [-0.4, -0.2) is 8.42 Å². The lowest BCUT2D eigenvalue weighted by molar-refractivity contribution is 0.552. The van der Waals surface area contributed by atoms with Crippen molar-refractivity contribution in [3.05, 3.63) is 18.2 Å². The highest BCUT2D eigenvalue weighted by Gasteiger charge is 2.12. The fourth-order valence-corrected chi connectivity index (χ4v) is 1.20. The van der Waals surface area contributed by atoms with E-state index in [1.807, 2.05) is 0 Å². The fourth-order valence-electron chi connectivity index (χ4n) is 0.705. The van der Waals surface area contributed by atoms with Crippen molar-refractivity contribution in [1.29, 1.82) is 0 Å². The molecule has 0 spiro atoms. The van der Waals surface area contributed by atoms with Gasteiger partial charge in [-0.05, 0) is 18.2 Å². The van der Waals surface area contributed by atoms with Crippen molar-refractivity contribution in [3.63, 3.8) is 0 Å². The molecule has 4 N–H and O–H groups in total. The standard InChI is InChI=1S/C6H7FN2O2S/c7-12(10,11)4-1-2-5(8)6(9)3-4/h1-3H,8-9H2. The number of hydrogen-bond donors (Lipinski definition) is 2. The molecule has 0 heterocycles. The molecule has 0 bridgehead atoms. The van der Waals surface area contributed by atoms with Gasteiger partial charge >= 0.3 is 10.2 Å². The van der Waals surface area contributed by atoms with E-state index in [0.29, 0.717) is 0 Å². The molecule has 66 valence electrons. The van der Waals surface area contributed by atoms with E-state index >= 15 is 0 Å². The number of anilines is 2. The minimum Gasteiger partial charge on any atom is -0.397 e. The van der Waals surface area contributed by atoms with Crippen LogP contribution in [0.3, 0.4) is 0 Å². The van der Waals surface area contributed by atoms with Crippen molar-refractivity contribution in [3.8, 4) is 0 Å².